The van der Waals surface area contributed by atoms with E-state index in [2.05, 4.69) is 20.3 Å². The van der Waals surface area contributed by atoms with E-state index in [1.807, 2.05) is 13.0 Å². The summed E-state index contributed by atoms with van der Waals surface area (Å²) in [6.07, 6.45) is 4.21. The smallest absolute Gasteiger partial charge is 0.189 e. The molecule has 1 saturated heterocycles. The Morgan fingerprint density at radius 3 is 3.16 bits per heavy atom. The molecule has 106 valence electrons. The minimum absolute atomic E-state index is 0. The van der Waals surface area contributed by atoms with Crippen LogP contribution in [0.5, 0.6) is 0 Å². The van der Waals surface area contributed by atoms with Crippen molar-refractivity contribution in [3.8, 4) is 0 Å². The van der Waals surface area contributed by atoms with Crippen molar-refractivity contribution in [2.75, 3.05) is 13.2 Å². The molecule has 0 bridgehead atoms. The highest BCUT2D eigenvalue weighted by Gasteiger charge is 2.14. The standard InChI is InChI=1S/C12H19N5O.HI/c1-9-14-5-4-10(17-9)7-15-12(13)16-8-11-3-2-6-18-11;/h4-5,11H,2-3,6-8H2,1H3,(H3,13,15,16);1H. The van der Waals surface area contributed by atoms with Gasteiger partial charge in [0, 0.05) is 19.3 Å². The summed E-state index contributed by atoms with van der Waals surface area (Å²) in [5.74, 6) is 1.18. The number of ether oxygens (including phenoxy) is 1. The molecule has 1 fully saturated rings. The zero-order chi connectivity index (χ0) is 12.8. The molecule has 19 heavy (non-hydrogen) atoms. The highest BCUT2D eigenvalue weighted by Crippen LogP contribution is 2.10. The first-order valence-corrected chi connectivity index (χ1v) is 6.18. The third-order valence-corrected chi connectivity index (χ3v) is 2.78. The lowest BCUT2D eigenvalue weighted by atomic mass is 10.2. The van der Waals surface area contributed by atoms with Crippen molar-refractivity contribution in [1.29, 1.82) is 0 Å². The summed E-state index contributed by atoms with van der Waals surface area (Å²) in [6, 6.07) is 1.84. The van der Waals surface area contributed by atoms with Crippen LogP contribution >= 0.6 is 24.0 Å². The molecule has 3 N–H and O–H groups in total. The zero-order valence-electron chi connectivity index (χ0n) is 11.0. The quantitative estimate of drug-likeness (QED) is 0.464. The first-order valence-electron chi connectivity index (χ1n) is 6.18. The summed E-state index contributed by atoms with van der Waals surface area (Å²) in [5.41, 5.74) is 6.64. The largest absolute Gasteiger partial charge is 0.376 e. The number of hydrogen-bond donors (Lipinski definition) is 2. The van der Waals surface area contributed by atoms with E-state index in [1.54, 1.807) is 6.20 Å². The van der Waals surface area contributed by atoms with E-state index in [1.165, 1.54) is 0 Å². The van der Waals surface area contributed by atoms with Gasteiger partial charge in [-0.3, -0.25) is 0 Å². The molecule has 1 unspecified atom stereocenters. The van der Waals surface area contributed by atoms with Gasteiger partial charge in [-0.15, -0.1) is 24.0 Å². The number of nitrogens with zero attached hydrogens (tertiary/aromatic N) is 3. The Morgan fingerprint density at radius 2 is 2.47 bits per heavy atom. The van der Waals surface area contributed by atoms with E-state index in [4.69, 9.17) is 10.5 Å². The average molecular weight is 377 g/mol. The van der Waals surface area contributed by atoms with Crippen LogP contribution in [0.3, 0.4) is 0 Å². The van der Waals surface area contributed by atoms with Crippen molar-refractivity contribution in [3.63, 3.8) is 0 Å². The Labute approximate surface area is 130 Å². The summed E-state index contributed by atoms with van der Waals surface area (Å²) in [5, 5.41) is 3.07. The predicted molar refractivity (Wildman–Crippen MR) is 84.5 cm³/mol. The lowest BCUT2D eigenvalue weighted by molar-refractivity contribution is 0.114. The fourth-order valence-corrected chi connectivity index (χ4v) is 1.84. The Balaban J connectivity index is 0.00000180. The Morgan fingerprint density at radius 1 is 1.63 bits per heavy atom. The van der Waals surface area contributed by atoms with Gasteiger partial charge in [0.1, 0.15) is 5.82 Å². The summed E-state index contributed by atoms with van der Waals surface area (Å²) in [7, 11) is 0. The third kappa shape index (κ3) is 5.68. The number of aromatic nitrogens is 2. The van der Waals surface area contributed by atoms with Gasteiger partial charge in [0.05, 0.1) is 18.3 Å². The van der Waals surface area contributed by atoms with Crippen molar-refractivity contribution >= 4 is 29.9 Å². The second-order valence-electron chi connectivity index (χ2n) is 4.31. The van der Waals surface area contributed by atoms with E-state index < -0.39 is 0 Å². The fourth-order valence-electron chi connectivity index (χ4n) is 1.84. The Bertz CT molecular complexity index is 420. The first-order chi connectivity index (χ1) is 8.74. The topological polar surface area (TPSA) is 85.4 Å². The summed E-state index contributed by atoms with van der Waals surface area (Å²) >= 11 is 0. The minimum atomic E-state index is 0. The molecule has 7 heteroatoms. The minimum Gasteiger partial charge on any atom is -0.376 e. The molecule has 1 aromatic rings. The zero-order valence-corrected chi connectivity index (χ0v) is 13.3. The van der Waals surface area contributed by atoms with Crippen LogP contribution in [0.15, 0.2) is 17.3 Å². The van der Waals surface area contributed by atoms with E-state index in [0.29, 0.717) is 12.5 Å². The van der Waals surface area contributed by atoms with Crippen LogP contribution in [0, 0.1) is 6.92 Å². The molecule has 1 atom stereocenters. The van der Waals surface area contributed by atoms with Crippen molar-refractivity contribution in [1.82, 2.24) is 15.3 Å². The maximum Gasteiger partial charge on any atom is 0.189 e. The molecule has 1 aliphatic heterocycles. The molecule has 0 aliphatic carbocycles. The van der Waals surface area contributed by atoms with E-state index in [0.717, 1.165) is 37.5 Å². The summed E-state index contributed by atoms with van der Waals surface area (Å²) in [6.45, 7) is 3.89. The van der Waals surface area contributed by atoms with Crippen LogP contribution in [-0.2, 0) is 11.3 Å². The highest BCUT2D eigenvalue weighted by molar-refractivity contribution is 14.0. The average Bonchev–Trinajstić information content (AvgIpc) is 2.87. The first kappa shape index (κ1) is 16.1. The van der Waals surface area contributed by atoms with E-state index in [9.17, 15) is 0 Å². The van der Waals surface area contributed by atoms with Crippen LogP contribution in [0.1, 0.15) is 24.4 Å². The van der Waals surface area contributed by atoms with Crippen LogP contribution in [0.2, 0.25) is 0 Å². The van der Waals surface area contributed by atoms with Gasteiger partial charge < -0.3 is 15.8 Å². The summed E-state index contributed by atoms with van der Waals surface area (Å²) in [4.78, 5) is 12.5. The number of guanidine groups is 1. The van der Waals surface area contributed by atoms with Crippen molar-refractivity contribution in [2.24, 2.45) is 10.7 Å². The number of nitrogens with one attached hydrogen (secondary N) is 1. The number of rotatable bonds is 4. The number of nitrogens with two attached hydrogens (primary N) is 1. The molecule has 1 aromatic heterocycles. The normalized spacial score (nSPS) is 19.0. The monoisotopic (exact) mass is 377 g/mol. The maximum absolute atomic E-state index is 5.78. The molecule has 0 saturated carbocycles. The molecule has 6 nitrogen and oxygen atoms in total. The van der Waals surface area contributed by atoms with Gasteiger partial charge in [0.15, 0.2) is 5.96 Å². The molecular weight excluding hydrogens is 357 g/mol. The van der Waals surface area contributed by atoms with Crippen molar-refractivity contribution in [3.05, 3.63) is 23.8 Å². The Kier molecular flexibility index (Phi) is 7.00. The van der Waals surface area contributed by atoms with Gasteiger partial charge in [-0.05, 0) is 25.8 Å². The molecule has 2 rings (SSSR count). The van der Waals surface area contributed by atoms with Crippen LogP contribution in [0.25, 0.3) is 0 Å². The fraction of sp³-hybridized carbons (Fsp3) is 0.583. The van der Waals surface area contributed by atoms with Crippen LogP contribution in [0.4, 0.5) is 0 Å². The van der Waals surface area contributed by atoms with Gasteiger partial charge in [-0.25, -0.2) is 15.0 Å². The summed E-state index contributed by atoms with van der Waals surface area (Å²) < 4.78 is 5.49. The maximum atomic E-state index is 5.78. The predicted octanol–water partition coefficient (Wildman–Crippen LogP) is 0.986. The number of aryl methyl sites for hydroxylation is 1. The molecule has 0 radical (unpaired) electrons. The SMILES string of the molecule is Cc1nccc(CN=C(N)NCC2CCCO2)n1.I. The van der Waals surface area contributed by atoms with Gasteiger partial charge >= 0.3 is 0 Å². The molecule has 2 heterocycles. The molecule has 0 amide bonds. The highest BCUT2D eigenvalue weighted by atomic mass is 127. The van der Waals surface area contributed by atoms with Crippen molar-refractivity contribution < 1.29 is 4.74 Å². The Hall–Kier alpha value is -0.960. The van der Waals surface area contributed by atoms with Gasteiger partial charge in [0.25, 0.3) is 0 Å². The number of hydrogen-bond acceptors (Lipinski definition) is 4. The van der Waals surface area contributed by atoms with Gasteiger partial charge in [0.2, 0.25) is 0 Å². The molecular formula is C12H20IN5O. The van der Waals surface area contributed by atoms with Crippen LogP contribution < -0.4 is 11.1 Å². The third-order valence-electron chi connectivity index (χ3n) is 2.78. The van der Waals surface area contributed by atoms with E-state index in [-0.39, 0.29) is 30.1 Å². The lowest BCUT2D eigenvalue weighted by Gasteiger charge is -2.10. The number of halogens is 1. The second kappa shape index (κ2) is 8.26. The number of aliphatic imine (C=N–C) groups is 1. The van der Waals surface area contributed by atoms with Crippen LogP contribution in [-0.4, -0.2) is 35.2 Å². The van der Waals surface area contributed by atoms with Gasteiger partial charge in [-0.1, -0.05) is 0 Å². The second-order valence-corrected chi connectivity index (χ2v) is 4.31. The molecule has 0 aromatic carbocycles. The molecule has 0 spiro atoms. The van der Waals surface area contributed by atoms with Crippen molar-refractivity contribution in [2.45, 2.75) is 32.4 Å². The lowest BCUT2D eigenvalue weighted by Crippen LogP contribution is -2.37. The van der Waals surface area contributed by atoms with E-state index >= 15 is 0 Å². The van der Waals surface area contributed by atoms with Gasteiger partial charge in [-0.2, -0.15) is 0 Å². The molecule has 1 aliphatic rings.